The molecule has 2 aromatic heterocycles. The summed E-state index contributed by atoms with van der Waals surface area (Å²) in [5, 5.41) is 10.6. The van der Waals surface area contributed by atoms with Gasteiger partial charge in [-0.2, -0.15) is 5.10 Å². The van der Waals surface area contributed by atoms with Gasteiger partial charge in [-0.3, -0.25) is 14.3 Å². The number of ether oxygens (including phenoxy) is 2. The van der Waals surface area contributed by atoms with Crippen LogP contribution < -0.4 is 15.4 Å². The SMILES string of the molecule is O=C(Cn1nc(NS(=O)(=O)c2ccc(Cl)s2)cc1C(=O)N[C@H]1CCCC[C@@H]1OCc1ccccc1)N[C@H]1CCCC[C@@H]1OCc1ccccc1. The summed E-state index contributed by atoms with van der Waals surface area (Å²) in [4.78, 5) is 27.4. The quantitative estimate of drug-likeness (QED) is 0.138. The summed E-state index contributed by atoms with van der Waals surface area (Å²) in [5.41, 5.74) is 2.15. The standard InChI is InChI=1S/C36H42ClN5O6S2/c37-32-19-20-35(49-32)50(45,46)41-33-21-29(36(44)39-28-16-8-10-18-31(28)48-24-26-13-5-2-6-14-26)42(40-33)22-34(43)38-27-15-7-9-17-30(27)47-23-25-11-3-1-4-12-25/h1-6,11-14,19-21,27-28,30-31H,7-10,15-18,22-24H2,(H,38,43)(H,39,44)(H,40,41)/t27-,28-,30-,31-/m0/s1. The first kappa shape index (κ1) is 36.1. The van der Waals surface area contributed by atoms with Crippen LogP contribution in [-0.2, 0) is 44.1 Å². The maximum Gasteiger partial charge on any atom is 0.272 e. The zero-order valence-corrected chi connectivity index (χ0v) is 30.0. The Kier molecular flexibility index (Phi) is 12.2. The number of benzene rings is 2. The second kappa shape index (κ2) is 17.0. The van der Waals surface area contributed by atoms with E-state index < -0.39 is 15.9 Å². The molecule has 2 fully saturated rings. The topological polar surface area (TPSA) is 141 Å². The van der Waals surface area contributed by atoms with Crippen LogP contribution in [0.5, 0.6) is 0 Å². The molecule has 3 N–H and O–H groups in total. The van der Waals surface area contributed by atoms with E-state index in [0.29, 0.717) is 17.6 Å². The van der Waals surface area contributed by atoms with Gasteiger partial charge < -0.3 is 20.1 Å². The number of hydrogen-bond donors (Lipinski definition) is 3. The Morgan fingerprint density at radius 3 is 1.92 bits per heavy atom. The fourth-order valence-electron chi connectivity index (χ4n) is 6.51. The first-order chi connectivity index (χ1) is 24.2. The summed E-state index contributed by atoms with van der Waals surface area (Å²) < 4.78 is 42.8. The van der Waals surface area contributed by atoms with Gasteiger partial charge in [-0.1, -0.05) is 97.9 Å². The first-order valence-electron chi connectivity index (χ1n) is 17.0. The molecule has 2 amide bonds. The summed E-state index contributed by atoms with van der Waals surface area (Å²) >= 11 is 6.89. The Bertz CT molecular complexity index is 1840. The van der Waals surface area contributed by atoms with E-state index in [0.717, 1.165) is 73.8 Å². The van der Waals surface area contributed by atoms with Crippen LogP contribution in [-0.4, -0.2) is 54.3 Å². The summed E-state index contributed by atoms with van der Waals surface area (Å²) in [7, 11) is -4.04. The van der Waals surface area contributed by atoms with Crippen LogP contribution in [0.3, 0.4) is 0 Å². The van der Waals surface area contributed by atoms with E-state index in [9.17, 15) is 18.0 Å². The van der Waals surface area contributed by atoms with Crippen molar-refractivity contribution >= 4 is 50.6 Å². The Morgan fingerprint density at radius 1 is 0.800 bits per heavy atom. The maximum absolute atomic E-state index is 13.9. The lowest BCUT2D eigenvalue weighted by Crippen LogP contribution is -2.48. The van der Waals surface area contributed by atoms with Gasteiger partial charge in [0, 0.05) is 6.07 Å². The van der Waals surface area contributed by atoms with Crippen molar-refractivity contribution < 1.29 is 27.5 Å². The third kappa shape index (κ3) is 9.73. The van der Waals surface area contributed by atoms with Crippen molar-refractivity contribution in [3.05, 3.63) is 100 Å². The number of rotatable bonds is 14. The molecule has 0 saturated heterocycles. The number of aromatic nitrogens is 2. The Morgan fingerprint density at radius 2 is 1.36 bits per heavy atom. The van der Waals surface area contributed by atoms with Crippen LogP contribution in [0, 0.1) is 0 Å². The first-order valence-corrected chi connectivity index (χ1v) is 19.7. The number of anilines is 1. The number of carbonyl (C=O) groups excluding carboxylic acids is 2. The number of carbonyl (C=O) groups is 2. The van der Waals surface area contributed by atoms with E-state index in [2.05, 4.69) is 20.5 Å². The fourth-order valence-corrected chi connectivity index (χ4v) is 8.98. The van der Waals surface area contributed by atoms with E-state index in [1.54, 1.807) is 0 Å². The summed E-state index contributed by atoms with van der Waals surface area (Å²) in [6, 6.07) is 23.5. The van der Waals surface area contributed by atoms with Gasteiger partial charge in [0.05, 0.1) is 41.8 Å². The highest BCUT2D eigenvalue weighted by Gasteiger charge is 2.31. The molecule has 14 heteroatoms. The molecule has 0 radical (unpaired) electrons. The third-order valence-corrected chi connectivity index (χ3v) is 12.1. The average Bonchev–Trinajstić information content (AvgIpc) is 3.74. The van der Waals surface area contributed by atoms with E-state index in [4.69, 9.17) is 21.1 Å². The number of nitrogens with one attached hydrogen (secondary N) is 3. The molecule has 2 aliphatic carbocycles. The molecule has 2 aliphatic rings. The lowest BCUT2D eigenvalue weighted by Gasteiger charge is -2.32. The van der Waals surface area contributed by atoms with Crippen LogP contribution in [0.4, 0.5) is 5.82 Å². The molecule has 2 saturated carbocycles. The molecule has 4 aromatic rings. The van der Waals surface area contributed by atoms with Crippen LogP contribution in [0.25, 0.3) is 0 Å². The Labute approximate surface area is 301 Å². The molecule has 0 unspecified atom stereocenters. The van der Waals surface area contributed by atoms with Crippen LogP contribution in [0.1, 0.15) is 73.0 Å². The molecule has 2 aromatic carbocycles. The molecule has 0 bridgehead atoms. The van der Waals surface area contributed by atoms with E-state index in [-0.39, 0.29) is 52.5 Å². The lowest BCUT2D eigenvalue weighted by atomic mass is 9.92. The molecule has 4 atom stereocenters. The number of halogens is 1. The molecule has 0 aliphatic heterocycles. The van der Waals surface area contributed by atoms with Crippen molar-refractivity contribution in [3.8, 4) is 0 Å². The number of hydrogen-bond acceptors (Lipinski definition) is 8. The second-order valence-electron chi connectivity index (χ2n) is 12.7. The van der Waals surface area contributed by atoms with Gasteiger partial charge in [-0.05, 0) is 48.9 Å². The zero-order chi connectivity index (χ0) is 34.9. The molecule has 0 spiro atoms. The molecule has 50 heavy (non-hydrogen) atoms. The monoisotopic (exact) mass is 739 g/mol. The largest absolute Gasteiger partial charge is 0.371 e. The maximum atomic E-state index is 13.9. The van der Waals surface area contributed by atoms with Gasteiger partial charge >= 0.3 is 0 Å². The minimum atomic E-state index is -4.04. The predicted molar refractivity (Wildman–Crippen MR) is 193 cm³/mol. The number of sulfonamides is 1. The smallest absolute Gasteiger partial charge is 0.272 e. The van der Waals surface area contributed by atoms with E-state index >= 15 is 0 Å². The van der Waals surface area contributed by atoms with Gasteiger partial charge in [0.15, 0.2) is 5.82 Å². The number of nitrogens with zero attached hydrogens (tertiary/aromatic N) is 2. The minimum Gasteiger partial charge on any atom is -0.371 e. The van der Waals surface area contributed by atoms with Crippen molar-refractivity contribution in [1.29, 1.82) is 0 Å². The van der Waals surface area contributed by atoms with Crippen molar-refractivity contribution in [1.82, 2.24) is 20.4 Å². The zero-order valence-electron chi connectivity index (χ0n) is 27.6. The van der Waals surface area contributed by atoms with Crippen molar-refractivity contribution in [2.75, 3.05) is 4.72 Å². The molecule has 266 valence electrons. The molecular formula is C36H42ClN5O6S2. The highest BCUT2D eigenvalue weighted by Crippen LogP contribution is 2.28. The summed E-state index contributed by atoms with van der Waals surface area (Å²) in [5.74, 6) is -0.921. The van der Waals surface area contributed by atoms with Crippen molar-refractivity contribution in [2.24, 2.45) is 0 Å². The van der Waals surface area contributed by atoms with Gasteiger partial charge in [0.2, 0.25) is 5.91 Å². The van der Waals surface area contributed by atoms with Gasteiger partial charge in [-0.15, -0.1) is 11.3 Å². The van der Waals surface area contributed by atoms with Crippen molar-refractivity contribution in [2.45, 2.75) is 99.6 Å². The Hall–Kier alpha value is -3.75. The highest BCUT2D eigenvalue weighted by atomic mass is 35.5. The highest BCUT2D eigenvalue weighted by molar-refractivity contribution is 7.94. The van der Waals surface area contributed by atoms with Gasteiger partial charge in [0.1, 0.15) is 16.4 Å². The molecule has 6 rings (SSSR count). The second-order valence-corrected chi connectivity index (χ2v) is 16.4. The molecule has 2 heterocycles. The number of thiophene rings is 1. The summed E-state index contributed by atoms with van der Waals surface area (Å²) in [6.45, 7) is 0.569. The predicted octanol–water partition coefficient (Wildman–Crippen LogP) is 6.30. The number of amides is 2. The summed E-state index contributed by atoms with van der Waals surface area (Å²) in [6.07, 6.45) is 6.62. The van der Waals surface area contributed by atoms with Crippen LogP contribution in [0.15, 0.2) is 83.1 Å². The normalized spacial score (nSPS) is 21.0. The van der Waals surface area contributed by atoms with E-state index in [1.807, 2.05) is 60.7 Å². The van der Waals surface area contributed by atoms with E-state index in [1.165, 1.54) is 22.9 Å². The van der Waals surface area contributed by atoms with Crippen molar-refractivity contribution in [3.63, 3.8) is 0 Å². The molecule has 11 nitrogen and oxygen atoms in total. The minimum absolute atomic E-state index is 0.000231. The fraction of sp³-hybridized carbons (Fsp3) is 0.417. The third-order valence-electron chi connectivity index (χ3n) is 9.04. The molecular weight excluding hydrogens is 698 g/mol. The lowest BCUT2D eigenvalue weighted by molar-refractivity contribution is -0.124. The van der Waals surface area contributed by atoms with Gasteiger partial charge in [0.25, 0.3) is 15.9 Å². The Balaban J connectivity index is 1.17. The van der Waals surface area contributed by atoms with Crippen LogP contribution >= 0.6 is 22.9 Å². The average molecular weight is 740 g/mol. The van der Waals surface area contributed by atoms with Crippen LogP contribution in [0.2, 0.25) is 4.34 Å². The van der Waals surface area contributed by atoms with Gasteiger partial charge in [-0.25, -0.2) is 13.1 Å².